The Balaban J connectivity index is 2.23. The van der Waals surface area contributed by atoms with Crippen molar-refractivity contribution in [3.63, 3.8) is 0 Å². The molecule has 1 atom stereocenters. The lowest BCUT2D eigenvalue weighted by Crippen LogP contribution is -2.41. The Morgan fingerprint density at radius 3 is 2.75 bits per heavy atom. The number of rotatable bonds is 5. The summed E-state index contributed by atoms with van der Waals surface area (Å²) in [5.41, 5.74) is 0. The molecule has 2 N–H and O–H groups in total. The molecule has 0 bridgehead atoms. The second kappa shape index (κ2) is 5.84. The van der Waals surface area contributed by atoms with Crippen LogP contribution in [0.15, 0.2) is 0 Å². The highest BCUT2D eigenvalue weighted by molar-refractivity contribution is 5.85. The fourth-order valence-corrected chi connectivity index (χ4v) is 1.55. The predicted molar refractivity (Wildman–Crippen MR) is 59.7 cm³/mol. The first-order chi connectivity index (χ1) is 7.50. The minimum atomic E-state index is -0.529. The number of carbonyl (C=O) groups excluding carboxylic acids is 2. The third-order valence-corrected chi connectivity index (χ3v) is 2.78. The van der Waals surface area contributed by atoms with Gasteiger partial charge in [0.2, 0.25) is 11.8 Å². The number of amides is 2. The molecule has 0 aromatic heterocycles. The van der Waals surface area contributed by atoms with E-state index < -0.39 is 6.10 Å². The summed E-state index contributed by atoms with van der Waals surface area (Å²) in [5, 5.41) is 12.1. The topological polar surface area (TPSA) is 69.6 Å². The van der Waals surface area contributed by atoms with Crippen molar-refractivity contribution >= 4 is 11.8 Å². The first-order valence-corrected chi connectivity index (χ1v) is 5.73. The van der Waals surface area contributed by atoms with Gasteiger partial charge >= 0.3 is 0 Å². The van der Waals surface area contributed by atoms with Crippen molar-refractivity contribution < 1.29 is 14.7 Å². The summed E-state index contributed by atoms with van der Waals surface area (Å²) >= 11 is 0. The first-order valence-electron chi connectivity index (χ1n) is 5.73. The van der Waals surface area contributed by atoms with Crippen molar-refractivity contribution in [2.75, 3.05) is 19.6 Å². The zero-order chi connectivity index (χ0) is 12.1. The largest absolute Gasteiger partial charge is 0.391 e. The van der Waals surface area contributed by atoms with Crippen LogP contribution >= 0.6 is 0 Å². The molecule has 1 unspecified atom stereocenters. The molecule has 0 aromatic carbocycles. The highest BCUT2D eigenvalue weighted by Crippen LogP contribution is 2.08. The molecule has 16 heavy (non-hydrogen) atoms. The van der Waals surface area contributed by atoms with Crippen LogP contribution in [0, 0.1) is 5.92 Å². The molecular weight excluding hydrogens is 208 g/mol. The van der Waals surface area contributed by atoms with Crippen LogP contribution in [-0.4, -0.2) is 47.6 Å². The number of carbonyl (C=O) groups is 2. The lowest BCUT2D eigenvalue weighted by molar-refractivity contribution is -0.133. The van der Waals surface area contributed by atoms with E-state index in [-0.39, 0.29) is 30.8 Å². The van der Waals surface area contributed by atoms with E-state index >= 15 is 0 Å². The number of aliphatic hydroxyl groups is 1. The minimum absolute atomic E-state index is 0.0413. The van der Waals surface area contributed by atoms with Crippen LogP contribution in [0.1, 0.15) is 26.7 Å². The van der Waals surface area contributed by atoms with Gasteiger partial charge in [0.1, 0.15) is 0 Å². The summed E-state index contributed by atoms with van der Waals surface area (Å²) < 4.78 is 0. The molecule has 2 amide bonds. The van der Waals surface area contributed by atoms with Crippen LogP contribution in [0.2, 0.25) is 0 Å². The molecule has 0 saturated carbocycles. The van der Waals surface area contributed by atoms with Gasteiger partial charge in [-0.15, -0.1) is 0 Å². The molecular formula is C11H20N2O3. The van der Waals surface area contributed by atoms with Crippen molar-refractivity contribution in [3.8, 4) is 0 Å². The molecule has 5 heteroatoms. The maximum Gasteiger partial charge on any atom is 0.239 e. The molecule has 1 aliphatic rings. The van der Waals surface area contributed by atoms with Gasteiger partial charge in [0.05, 0.1) is 12.6 Å². The van der Waals surface area contributed by atoms with E-state index in [1.54, 1.807) is 4.90 Å². The number of likely N-dealkylation sites (tertiary alicyclic amines) is 1. The second-order valence-electron chi connectivity index (χ2n) is 4.53. The van der Waals surface area contributed by atoms with Gasteiger partial charge in [-0.25, -0.2) is 0 Å². The van der Waals surface area contributed by atoms with Gasteiger partial charge in [0.15, 0.2) is 0 Å². The van der Waals surface area contributed by atoms with Gasteiger partial charge in [-0.3, -0.25) is 9.59 Å². The third-order valence-electron chi connectivity index (χ3n) is 2.78. The lowest BCUT2D eigenvalue weighted by Gasteiger charge is -2.18. The maximum absolute atomic E-state index is 11.5. The highest BCUT2D eigenvalue weighted by atomic mass is 16.3. The molecule has 0 spiro atoms. The van der Waals surface area contributed by atoms with Crippen LogP contribution in [0.4, 0.5) is 0 Å². The molecule has 0 aromatic rings. The summed E-state index contributed by atoms with van der Waals surface area (Å²) in [4.78, 5) is 24.3. The van der Waals surface area contributed by atoms with Gasteiger partial charge < -0.3 is 15.3 Å². The molecule has 1 fully saturated rings. The number of nitrogens with zero attached hydrogens (tertiary/aromatic N) is 1. The third kappa shape index (κ3) is 3.81. The van der Waals surface area contributed by atoms with Crippen molar-refractivity contribution in [2.45, 2.75) is 32.8 Å². The summed E-state index contributed by atoms with van der Waals surface area (Å²) in [5.74, 6) is -0.0387. The van der Waals surface area contributed by atoms with Gasteiger partial charge in [-0.2, -0.15) is 0 Å². The van der Waals surface area contributed by atoms with Crippen LogP contribution in [0.25, 0.3) is 0 Å². The van der Waals surface area contributed by atoms with E-state index in [1.807, 2.05) is 13.8 Å². The molecule has 0 radical (unpaired) electrons. The van der Waals surface area contributed by atoms with Crippen molar-refractivity contribution in [1.29, 1.82) is 0 Å². The Morgan fingerprint density at radius 2 is 2.25 bits per heavy atom. The van der Waals surface area contributed by atoms with Crippen LogP contribution in [-0.2, 0) is 9.59 Å². The van der Waals surface area contributed by atoms with Gasteiger partial charge in [-0.05, 0) is 12.3 Å². The monoisotopic (exact) mass is 228 g/mol. The van der Waals surface area contributed by atoms with E-state index in [2.05, 4.69) is 5.32 Å². The van der Waals surface area contributed by atoms with E-state index in [0.717, 1.165) is 6.42 Å². The Hall–Kier alpha value is -1.10. The molecule has 5 nitrogen and oxygen atoms in total. The normalized spacial score (nSPS) is 18.0. The zero-order valence-electron chi connectivity index (χ0n) is 9.90. The number of nitrogens with one attached hydrogen (secondary N) is 1. The molecule has 92 valence electrons. The van der Waals surface area contributed by atoms with E-state index in [9.17, 15) is 14.7 Å². The smallest absolute Gasteiger partial charge is 0.239 e. The minimum Gasteiger partial charge on any atom is -0.391 e. The van der Waals surface area contributed by atoms with Crippen molar-refractivity contribution in [2.24, 2.45) is 5.92 Å². The van der Waals surface area contributed by atoms with Gasteiger partial charge in [0, 0.05) is 19.5 Å². The standard InChI is InChI=1S/C11H20N2O3/c1-8(2)9(14)6-12-10(15)7-13-5-3-4-11(13)16/h8-9,14H,3-7H2,1-2H3,(H,12,15). The summed E-state index contributed by atoms with van der Waals surface area (Å²) in [6.07, 6.45) is 0.848. The number of hydrogen-bond acceptors (Lipinski definition) is 3. The number of aliphatic hydroxyl groups excluding tert-OH is 1. The fraction of sp³-hybridized carbons (Fsp3) is 0.818. The first kappa shape index (κ1) is 13.0. The van der Waals surface area contributed by atoms with E-state index in [1.165, 1.54) is 0 Å². The van der Waals surface area contributed by atoms with Crippen LogP contribution in [0.3, 0.4) is 0 Å². The second-order valence-corrected chi connectivity index (χ2v) is 4.53. The Morgan fingerprint density at radius 1 is 1.56 bits per heavy atom. The maximum atomic E-state index is 11.5. The van der Waals surface area contributed by atoms with Crippen LogP contribution in [0.5, 0.6) is 0 Å². The van der Waals surface area contributed by atoms with Crippen LogP contribution < -0.4 is 5.32 Å². The SMILES string of the molecule is CC(C)C(O)CNC(=O)CN1CCCC1=O. The summed E-state index contributed by atoms with van der Waals surface area (Å²) in [6, 6.07) is 0. The fourth-order valence-electron chi connectivity index (χ4n) is 1.55. The Bertz CT molecular complexity index is 266. The summed E-state index contributed by atoms with van der Waals surface area (Å²) in [7, 11) is 0. The van der Waals surface area contributed by atoms with Crippen molar-refractivity contribution in [1.82, 2.24) is 10.2 Å². The van der Waals surface area contributed by atoms with Gasteiger partial charge in [0.25, 0.3) is 0 Å². The average molecular weight is 228 g/mol. The van der Waals surface area contributed by atoms with Crippen molar-refractivity contribution in [3.05, 3.63) is 0 Å². The summed E-state index contributed by atoms with van der Waals surface area (Å²) in [6.45, 7) is 4.81. The Kier molecular flexibility index (Phi) is 4.73. The molecule has 1 heterocycles. The average Bonchev–Trinajstić information content (AvgIpc) is 2.60. The predicted octanol–water partition coefficient (Wildman–Crippen LogP) is -0.258. The van der Waals surface area contributed by atoms with Gasteiger partial charge in [-0.1, -0.05) is 13.8 Å². The highest BCUT2D eigenvalue weighted by Gasteiger charge is 2.22. The molecule has 1 saturated heterocycles. The lowest BCUT2D eigenvalue weighted by atomic mass is 10.1. The molecule has 0 aliphatic carbocycles. The Labute approximate surface area is 95.8 Å². The molecule has 1 rings (SSSR count). The number of hydrogen-bond donors (Lipinski definition) is 2. The molecule has 1 aliphatic heterocycles. The zero-order valence-corrected chi connectivity index (χ0v) is 9.90. The van der Waals surface area contributed by atoms with E-state index in [0.29, 0.717) is 13.0 Å². The quantitative estimate of drug-likeness (QED) is 0.681. The van der Waals surface area contributed by atoms with E-state index in [4.69, 9.17) is 0 Å².